The molecule has 0 amide bonds. The van der Waals surface area contributed by atoms with E-state index in [0.29, 0.717) is 19.3 Å². The van der Waals surface area contributed by atoms with Crippen molar-refractivity contribution in [3.05, 3.63) is 24.3 Å². The van der Waals surface area contributed by atoms with E-state index in [2.05, 4.69) is 45.1 Å². The van der Waals surface area contributed by atoms with Gasteiger partial charge in [-0.25, -0.2) is 4.79 Å². The fraction of sp³-hybridized carbons (Fsp3) is 0.873. The van der Waals surface area contributed by atoms with Crippen molar-refractivity contribution in [1.82, 2.24) is 0 Å². The molecular weight excluding hydrogens is 949 g/mol. The number of unbranched alkanes of at least 4 members (excludes halogenated alkanes) is 36. The van der Waals surface area contributed by atoms with Gasteiger partial charge in [-0.1, -0.05) is 238 Å². The van der Waals surface area contributed by atoms with E-state index < -0.39 is 67.3 Å². The molecule has 0 aromatic heterocycles. The normalized spacial score (nSPS) is 18.2. The van der Waals surface area contributed by atoms with Crippen LogP contribution in [-0.4, -0.2) is 89.2 Å². The van der Waals surface area contributed by atoms with Gasteiger partial charge in [0, 0.05) is 19.3 Å². The zero-order chi connectivity index (χ0) is 54.7. The van der Waals surface area contributed by atoms with Crippen molar-refractivity contribution in [3.8, 4) is 0 Å². The number of allylic oxidation sites excluding steroid dienone is 4. The summed E-state index contributed by atoms with van der Waals surface area (Å²) >= 11 is 0. The van der Waals surface area contributed by atoms with E-state index in [0.717, 1.165) is 96.3 Å². The van der Waals surface area contributed by atoms with Crippen molar-refractivity contribution >= 4 is 23.9 Å². The Morgan fingerprint density at radius 1 is 0.427 bits per heavy atom. The molecule has 0 radical (unpaired) electrons. The first-order valence-corrected chi connectivity index (χ1v) is 31.3. The van der Waals surface area contributed by atoms with Crippen LogP contribution < -0.4 is 0 Å². The Hall–Kier alpha value is -2.80. The highest BCUT2D eigenvalue weighted by molar-refractivity contribution is 5.74. The lowest BCUT2D eigenvalue weighted by molar-refractivity contribution is -0.301. The van der Waals surface area contributed by atoms with Crippen LogP contribution in [0.4, 0.5) is 0 Å². The minimum atomic E-state index is -1.90. The van der Waals surface area contributed by atoms with E-state index >= 15 is 0 Å². The highest BCUT2D eigenvalue weighted by atomic mass is 16.7. The molecule has 1 heterocycles. The third kappa shape index (κ3) is 41.9. The number of carbonyl (C=O) groups excluding carboxylic acids is 3. The molecule has 0 aromatic rings. The first-order chi connectivity index (χ1) is 36.6. The molecule has 1 rings (SSSR count). The number of hydrogen-bond acceptors (Lipinski definition) is 11. The van der Waals surface area contributed by atoms with E-state index in [-0.39, 0.29) is 25.9 Å². The molecule has 0 bridgehead atoms. The first-order valence-electron chi connectivity index (χ1n) is 31.3. The van der Waals surface area contributed by atoms with Crippen LogP contribution in [0.1, 0.15) is 303 Å². The topological polar surface area (TPSA) is 175 Å². The summed E-state index contributed by atoms with van der Waals surface area (Å²) in [5, 5.41) is 31.5. The molecule has 12 heteroatoms. The van der Waals surface area contributed by atoms with Gasteiger partial charge in [-0.3, -0.25) is 14.4 Å². The number of hydrogen-bond donors (Lipinski definition) is 3. The minimum Gasteiger partial charge on any atom is -0.479 e. The number of carboxylic acid groups (broad SMARTS) is 1. The summed E-state index contributed by atoms with van der Waals surface area (Å²) in [5.41, 5.74) is 0. The maximum atomic E-state index is 13.2. The van der Waals surface area contributed by atoms with E-state index in [9.17, 15) is 34.5 Å². The fourth-order valence-electron chi connectivity index (χ4n) is 9.65. The Kier molecular flexibility index (Phi) is 48.6. The molecule has 1 aliphatic heterocycles. The number of rotatable bonds is 54. The number of ether oxygens (including phenoxy) is 5. The number of esters is 3. The van der Waals surface area contributed by atoms with Gasteiger partial charge in [-0.15, -0.1) is 0 Å². The Bertz CT molecular complexity index is 1400. The van der Waals surface area contributed by atoms with Crippen molar-refractivity contribution in [3.63, 3.8) is 0 Å². The largest absolute Gasteiger partial charge is 0.479 e. The lowest BCUT2D eigenvalue weighted by Gasteiger charge is -2.40. The molecule has 0 aromatic carbocycles. The van der Waals surface area contributed by atoms with Crippen LogP contribution in [0.3, 0.4) is 0 Å². The lowest BCUT2D eigenvalue weighted by atomic mass is 9.98. The van der Waals surface area contributed by atoms with Crippen molar-refractivity contribution in [2.24, 2.45) is 0 Å². The zero-order valence-electron chi connectivity index (χ0n) is 48.3. The summed E-state index contributed by atoms with van der Waals surface area (Å²) in [6.07, 6.45) is 47.1. The minimum absolute atomic E-state index is 0.0654. The third-order valence-electron chi connectivity index (χ3n) is 14.5. The van der Waals surface area contributed by atoms with Gasteiger partial charge in [-0.2, -0.15) is 0 Å². The molecule has 12 nitrogen and oxygen atoms in total. The molecule has 1 fully saturated rings. The molecular formula is C63H114O12. The average Bonchev–Trinajstić information content (AvgIpc) is 3.39. The number of carboxylic acids is 1. The summed E-state index contributed by atoms with van der Waals surface area (Å²) in [7, 11) is 0. The zero-order valence-corrected chi connectivity index (χ0v) is 48.3. The second-order valence-electron chi connectivity index (χ2n) is 21.7. The van der Waals surface area contributed by atoms with Crippen LogP contribution in [0, 0.1) is 0 Å². The van der Waals surface area contributed by atoms with E-state index in [1.165, 1.54) is 148 Å². The Balaban J connectivity index is 2.67. The smallest absolute Gasteiger partial charge is 0.335 e. The monoisotopic (exact) mass is 1060 g/mol. The Morgan fingerprint density at radius 3 is 1.13 bits per heavy atom. The van der Waals surface area contributed by atoms with Crippen LogP contribution >= 0.6 is 0 Å². The molecule has 438 valence electrons. The third-order valence-corrected chi connectivity index (χ3v) is 14.5. The molecule has 6 atom stereocenters. The highest BCUT2D eigenvalue weighted by Crippen LogP contribution is 2.27. The highest BCUT2D eigenvalue weighted by Gasteiger charge is 2.50. The maximum Gasteiger partial charge on any atom is 0.335 e. The van der Waals surface area contributed by atoms with Gasteiger partial charge in [0.25, 0.3) is 0 Å². The SMILES string of the molecule is CCCCCCCC/C=C\CCCCCCCC(=O)OCC(COC1OC(C(=O)O)C(O)C(O)C1OC(=O)CCCCCCCCCCCCCCCCC)OC(=O)CCCCCCC/C=C\CCCCCCCC. The van der Waals surface area contributed by atoms with Crippen LogP contribution in [0.5, 0.6) is 0 Å². The molecule has 1 aliphatic rings. The molecule has 3 N–H and O–H groups in total. The van der Waals surface area contributed by atoms with Crippen molar-refractivity contribution in [2.45, 2.75) is 340 Å². The van der Waals surface area contributed by atoms with Gasteiger partial charge in [0.1, 0.15) is 18.8 Å². The summed E-state index contributed by atoms with van der Waals surface area (Å²) in [6, 6.07) is 0. The maximum absolute atomic E-state index is 13.2. The second kappa shape index (κ2) is 51.9. The van der Waals surface area contributed by atoms with Crippen molar-refractivity contribution < 1.29 is 58.2 Å². The second-order valence-corrected chi connectivity index (χ2v) is 21.7. The number of aliphatic carboxylic acids is 1. The van der Waals surface area contributed by atoms with Crippen LogP contribution in [0.2, 0.25) is 0 Å². The average molecular weight is 1060 g/mol. The Morgan fingerprint density at radius 2 is 0.760 bits per heavy atom. The summed E-state index contributed by atoms with van der Waals surface area (Å²) in [6.45, 7) is 6.01. The van der Waals surface area contributed by atoms with Gasteiger partial charge in [0.15, 0.2) is 24.6 Å². The molecule has 75 heavy (non-hydrogen) atoms. The van der Waals surface area contributed by atoms with E-state index in [4.69, 9.17) is 23.7 Å². The predicted molar refractivity (Wildman–Crippen MR) is 303 cm³/mol. The van der Waals surface area contributed by atoms with Crippen molar-refractivity contribution in [2.75, 3.05) is 13.2 Å². The summed E-state index contributed by atoms with van der Waals surface area (Å²) in [5.74, 6) is -3.11. The van der Waals surface area contributed by atoms with Crippen molar-refractivity contribution in [1.29, 1.82) is 0 Å². The van der Waals surface area contributed by atoms with Crippen LogP contribution in [0.15, 0.2) is 24.3 Å². The number of carbonyl (C=O) groups is 4. The lowest BCUT2D eigenvalue weighted by Crippen LogP contribution is -2.61. The van der Waals surface area contributed by atoms with Gasteiger partial charge >= 0.3 is 23.9 Å². The van der Waals surface area contributed by atoms with Crippen LogP contribution in [0.25, 0.3) is 0 Å². The quantitative estimate of drug-likeness (QED) is 0.0228. The fourth-order valence-corrected chi connectivity index (χ4v) is 9.65. The summed E-state index contributed by atoms with van der Waals surface area (Å²) in [4.78, 5) is 51.2. The number of aliphatic hydroxyl groups excluding tert-OH is 2. The molecule has 0 saturated carbocycles. The number of aliphatic hydroxyl groups is 2. The van der Waals surface area contributed by atoms with Gasteiger partial charge in [0.05, 0.1) is 6.61 Å². The molecule has 0 spiro atoms. The van der Waals surface area contributed by atoms with E-state index in [1.807, 2.05) is 0 Å². The van der Waals surface area contributed by atoms with Gasteiger partial charge < -0.3 is 39.0 Å². The predicted octanol–water partition coefficient (Wildman–Crippen LogP) is 16.2. The van der Waals surface area contributed by atoms with Gasteiger partial charge in [0.2, 0.25) is 0 Å². The standard InChI is InChI=1S/C63H114O12/c1-4-7-10-13-16-19-22-25-28-31-34-37-40-43-46-49-55(64)71-52-54(73-56(65)50-47-44-41-38-35-32-29-26-23-20-17-14-11-8-5-2)53-72-63-61(59(68)58(67)60(75-63)62(69)70)74-57(66)51-48-45-42-39-36-33-30-27-24-21-18-15-12-9-6-3/h25-26,28-29,54,58-61,63,67-68H,4-24,27,30-53H2,1-3H3,(H,69,70)/b28-25-,29-26-. The van der Waals surface area contributed by atoms with Gasteiger partial charge in [-0.05, 0) is 70.6 Å². The molecule has 6 unspecified atom stereocenters. The molecule has 1 saturated heterocycles. The summed E-state index contributed by atoms with van der Waals surface area (Å²) < 4.78 is 28.5. The van der Waals surface area contributed by atoms with Crippen LogP contribution in [-0.2, 0) is 42.9 Å². The van der Waals surface area contributed by atoms with E-state index in [1.54, 1.807) is 0 Å². The molecule has 0 aliphatic carbocycles. The Labute approximate surface area is 458 Å². The first kappa shape index (κ1) is 70.2.